The number of benzene rings is 3. The fourth-order valence-electron chi connectivity index (χ4n) is 3.75. The van der Waals surface area contributed by atoms with Crippen molar-refractivity contribution in [3.63, 3.8) is 0 Å². The van der Waals surface area contributed by atoms with Crippen LogP contribution >= 0.6 is 0 Å². The van der Waals surface area contributed by atoms with Crippen molar-refractivity contribution in [1.29, 1.82) is 0 Å². The number of aryl methyl sites for hydroxylation is 2. The van der Waals surface area contributed by atoms with Crippen molar-refractivity contribution >= 4 is 43.4 Å². The molecule has 32 heavy (non-hydrogen) atoms. The molecule has 0 aliphatic rings. The largest absolute Gasteiger partial charge is 0.462 e. The SMILES string of the molecule is CCCOC(=O)c1c(C)oc2c1cc(NS(=O)(=O)c1ccc(CC)cc1)c1ccccc12. The molecule has 0 spiro atoms. The van der Waals surface area contributed by atoms with E-state index in [4.69, 9.17) is 9.15 Å². The summed E-state index contributed by atoms with van der Waals surface area (Å²) in [6.07, 6.45) is 1.52. The van der Waals surface area contributed by atoms with E-state index in [0.29, 0.717) is 51.8 Å². The van der Waals surface area contributed by atoms with Crippen LogP contribution in [0.15, 0.2) is 63.9 Å². The minimum absolute atomic E-state index is 0.171. The lowest BCUT2D eigenvalue weighted by atomic mass is 10.0. The van der Waals surface area contributed by atoms with E-state index in [1.54, 1.807) is 37.3 Å². The summed E-state index contributed by atoms with van der Waals surface area (Å²) in [7, 11) is -3.84. The van der Waals surface area contributed by atoms with Crippen LogP contribution in [-0.4, -0.2) is 21.0 Å². The van der Waals surface area contributed by atoms with E-state index in [1.807, 2.05) is 38.1 Å². The number of rotatable bonds is 7. The first-order valence-electron chi connectivity index (χ1n) is 10.6. The highest BCUT2D eigenvalue weighted by molar-refractivity contribution is 7.92. The van der Waals surface area contributed by atoms with Crippen molar-refractivity contribution < 1.29 is 22.4 Å². The smallest absolute Gasteiger partial charge is 0.342 e. The first kappa shape index (κ1) is 21.9. The van der Waals surface area contributed by atoms with Crippen LogP contribution in [0.1, 0.15) is 41.9 Å². The first-order valence-corrected chi connectivity index (χ1v) is 12.1. The number of esters is 1. The van der Waals surface area contributed by atoms with E-state index in [2.05, 4.69) is 4.72 Å². The predicted octanol–water partition coefficient (Wildman–Crippen LogP) is 5.82. The monoisotopic (exact) mass is 451 g/mol. The van der Waals surface area contributed by atoms with Crippen LogP contribution in [0.5, 0.6) is 0 Å². The zero-order valence-corrected chi connectivity index (χ0v) is 19.1. The summed E-state index contributed by atoms with van der Waals surface area (Å²) in [6.45, 7) is 5.93. The molecule has 4 rings (SSSR count). The Kier molecular flexibility index (Phi) is 5.93. The summed E-state index contributed by atoms with van der Waals surface area (Å²) in [5.41, 5.74) is 2.27. The number of carbonyl (C=O) groups excluding carboxylic acids is 1. The highest BCUT2D eigenvalue weighted by Gasteiger charge is 2.24. The molecular weight excluding hydrogens is 426 g/mol. The van der Waals surface area contributed by atoms with Crippen molar-refractivity contribution in [3.05, 3.63) is 71.5 Å². The summed E-state index contributed by atoms with van der Waals surface area (Å²) in [6, 6.07) is 15.8. The molecule has 6 nitrogen and oxygen atoms in total. The molecular formula is C25H25NO5S. The maximum atomic E-state index is 13.1. The van der Waals surface area contributed by atoms with Gasteiger partial charge >= 0.3 is 5.97 Å². The lowest BCUT2D eigenvalue weighted by Crippen LogP contribution is -2.13. The highest BCUT2D eigenvalue weighted by atomic mass is 32.2. The average Bonchev–Trinajstić information content (AvgIpc) is 3.13. The maximum absolute atomic E-state index is 13.1. The fraction of sp³-hybridized carbons (Fsp3) is 0.240. The minimum Gasteiger partial charge on any atom is -0.462 e. The van der Waals surface area contributed by atoms with E-state index < -0.39 is 16.0 Å². The van der Waals surface area contributed by atoms with Crippen LogP contribution in [0, 0.1) is 6.92 Å². The molecule has 0 aliphatic carbocycles. The van der Waals surface area contributed by atoms with Gasteiger partial charge in [0.25, 0.3) is 10.0 Å². The Balaban J connectivity index is 1.87. The molecule has 1 aromatic heterocycles. The quantitative estimate of drug-likeness (QED) is 0.358. The van der Waals surface area contributed by atoms with Gasteiger partial charge in [-0.3, -0.25) is 4.72 Å². The zero-order valence-electron chi connectivity index (χ0n) is 18.3. The summed E-state index contributed by atoms with van der Waals surface area (Å²) >= 11 is 0. The molecule has 0 radical (unpaired) electrons. The van der Waals surface area contributed by atoms with Crippen molar-refractivity contribution in [2.24, 2.45) is 0 Å². The van der Waals surface area contributed by atoms with E-state index in [9.17, 15) is 13.2 Å². The Morgan fingerprint density at radius 3 is 2.34 bits per heavy atom. The normalized spacial score (nSPS) is 11.7. The molecule has 4 aromatic rings. The van der Waals surface area contributed by atoms with Gasteiger partial charge in [-0.1, -0.05) is 50.2 Å². The number of ether oxygens (including phenoxy) is 1. The minimum atomic E-state index is -3.84. The third-order valence-electron chi connectivity index (χ3n) is 5.40. The Labute approximate surface area is 187 Å². The van der Waals surface area contributed by atoms with Crippen molar-refractivity contribution in [2.75, 3.05) is 11.3 Å². The molecule has 0 saturated heterocycles. The average molecular weight is 452 g/mol. The van der Waals surface area contributed by atoms with Crippen molar-refractivity contribution in [3.8, 4) is 0 Å². The molecule has 1 heterocycles. The summed E-state index contributed by atoms with van der Waals surface area (Å²) in [5.74, 6) is -0.0521. The molecule has 7 heteroatoms. The standard InChI is InChI=1S/C25H25NO5S/c1-4-14-30-25(27)23-16(3)31-24-20-9-7-6-8-19(20)22(15-21(23)24)26-32(28,29)18-12-10-17(5-2)11-13-18/h6-13,15,26H,4-5,14H2,1-3H3. The first-order chi connectivity index (χ1) is 15.4. The Bertz CT molecular complexity index is 1400. The fourth-order valence-corrected chi connectivity index (χ4v) is 4.82. The van der Waals surface area contributed by atoms with Crippen LogP contribution in [0.4, 0.5) is 5.69 Å². The lowest BCUT2D eigenvalue weighted by molar-refractivity contribution is 0.0505. The van der Waals surface area contributed by atoms with Gasteiger partial charge in [-0.25, -0.2) is 13.2 Å². The third-order valence-corrected chi connectivity index (χ3v) is 6.78. The van der Waals surface area contributed by atoms with Crippen LogP contribution in [0.25, 0.3) is 21.7 Å². The number of carbonyl (C=O) groups is 1. The molecule has 1 N–H and O–H groups in total. The van der Waals surface area contributed by atoms with Crippen LogP contribution in [0.3, 0.4) is 0 Å². The lowest BCUT2D eigenvalue weighted by Gasteiger charge is -2.12. The van der Waals surface area contributed by atoms with Gasteiger partial charge in [-0.05, 0) is 43.5 Å². The van der Waals surface area contributed by atoms with E-state index in [-0.39, 0.29) is 4.90 Å². The zero-order chi connectivity index (χ0) is 22.9. The molecule has 0 unspecified atom stereocenters. The molecule has 166 valence electrons. The maximum Gasteiger partial charge on any atom is 0.342 e. The number of furan rings is 1. The molecule has 3 aromatic carbocycles. The van der Waals surface area contributed by atoms with Gasteiger partial charge in [-0.2, -0.15) is 0 Å². The van der Waals surface area contributed by atoms with E-state index in [0.717, 1.165) is 12.0 Å². The van der Waals surface area contributed by atoms with Gasteiger partial charge in [0.05, 0.1) is 17.2 Å². The Morgan fingerprint density at radius 1 is 1.00 bits per heavy atom. The second kappa shape index (κ2) is 8.67. The number of sulfonamides is 1. The predicted molar refractivity (Wildman–Crippen MR) is 126 cm³/mol. The number of nitrogens with one attached hydrogen (secondary N) is 1. The Morgan fingerprint density at radius 2 is 1.69 bits per heavy atom. The second-order valence-electron chi connectivity index (χ2n) is 7.62. The molecule has 0 atom stereocenters. The summed E-state index contributed by atoms with van der Waals surface area (Å²) in [5, 5.41) is 1.90. The van der Waals surface area contributed by atoms with E-state index >= 15 is 0 Å². The molecule has 0 amide bonds. The highest BCUT2D eigenvalue weighted by Crippen LogP contribution is 2.37. The Hall–Kier alpha value is -3.32. The molecule has 0 saturated carbocycles. The summed E-state index contributed by atoms with van der Waals surface area (Å²) in [4.78, 5) is 12.9. The van der Waals surface area contributed by atoms with Crippen LogP contribution in [-0.2, 0) is 21.2 Å². The molecule has 0 aliphatic heterocycles. The second-order valence-corrected chi connectivity index (χ2v) is 9.30. The molecule has 0 fully saturated rings. The van der Waals surface area contributed by atoms with Gasteiger partial charge < -0.3 is 9.15 Å². The number of hydrogen-bond acceptors (Lipinski definition) is 5. The van der Waals surface area contributed by atoms with Gasteiger partial charge in [0.1, 0.15) is 16.9 Å². The van der Waals surface area contributed by atoms with E-state index in [1.165, 1.54) is 0 Å². The third kappa shape index (κ3) is 3.96. The number of hydrogen-bond donors (Lipinski definition) is 1. The number of fused-ring (bicyclic) bond motifs is 3. The van der Waals surface area contributed by atoms with Crippen molar-refractivity contribution in [2.45, 2.75) is 38.5 Å². The van der Waals surface area contributed by atoms with Gasteiger partial charge in [-0.15, -0.1) is 0 Å². The van der Waals surface area contributed by atoms with Gasteiger partial charge in [0.15, 0.2) is 0 Å². The van der Waals surface area contributed by atoms with Gasteiger partial charge in [0, 0.05) is 16.2 Å². The topological polar surface area (TPSA) is 85.6 Å². The van der Waals surface area contributed by atoms with Crippen LogP contribution < -0.4 is 4.72 Å². The number of anilines is 1. The van der Waals surface area contributed by atoms with Gasteiger partial charge in [0.2, 0.25) is 0 Å². The summed E-state index contributed by atoms with van der Waals surface area (Å²) < 4.78 is 40.2. The van der Waals surface area contributed by atoms with Crippen molar-refractivity contribution in [1.82, 2.24) is 0 Å². The van der Waals surface area contributed by atoms with Crippen LogP contribution in [0.2, 0.25) is 0 Å². The molecule has 0 bridgehead atoms.